The quantitative estimate of drug-likeness (QED) is 0.351. The van der Waals surface area contributed by atoms with Gasteiger partial charge in [0.05, 0.1) is 17.8 Å². The van der Waals surface area contributed by atoms with Crippen LogP contribution in [-0.4, -0.2) is 73.1 Å². The van der Waals surface area contributed by atoms with Gasteiger partial charge in [0.15, 0.2) is 0 Å². The first-order valence-corrected chi connectivity index (χ1v) is 13.5. The molecular weight excluding hydrogens is 516 g/mol. The summed E-state index contributed by atoms with van der Waals surface area (Å²) in [7, 11) is 0. The maximum Gasteiger partial charge on any atom is 0.294 e. The highest BCUT2D eigenvalue weighted by atomic mass is 35.5. The van der Waals surface area contributed by atoms with Gasteiger partial charge in [-0.15, -0.1) is 5.10 Å². The van der Waals surface area contributed by atoms with Gasteiger partial charge < -0.3 is 14.5 Å². The molecule has 0 spiro atoms. The second kappa shape index (κ2) is 9.96. The van der Waals surface area contributed by atoms with Crippen LogP contribution in [0.4, 0.5) is 0 Å². The summed E-state index contributed by atoms with van der Waals surface area (Å²) in [5, 5.41) is 6.77. The fraction of sp³-hybridized carbons (Fsp3) is 0.345. The van der Waals surface area contributed by atoms with Crippen LogP contribution in [-0.2, 0) is 0 Å². The molecule has 2 fully saturated rings. The van der Waals surface area contributed by atoms with Gasteiger partial charge in [0.2, 0.25) is 11.7 Å². The van der Waals surface area contributed by atoms with Crippen LogP contribution in [0.2, 0.25) is 5.02 Å². The molecule has 200 valence electrons. The van der Waals surface area contributed by atoms with Gasteiger partial charge in [-0.05, 0) is 68.3 Å². The van der Waals surface area contributed by atoms with E-state index in [4.69, 9.17) is 16.3 Å². The SMILES string of the molecule is CC1(C)CN(C(=O)c2cc3ccccc3c(OCC3CC3)n2)CCN1C(=O)c1ncn(-c2cccc(Cl)c2)n1. The standard InChI is InChI=1S/C29H29ClN6O3/c1-29(2)17-34(12-13-35(29)28(38)25-31-18-36(33-25)22-8-5-7-21(30)15-22)27(37)24-14-20-6-3-4-9-23(20)26(32-24)39-16-19-10-11-19/h3-9,14-15,18-19H,10-13,16-17H2,1-2H3. The minimum Gasteiger partial charge on any atom is -0.477 e. The van der Waals surface area contributed by atoms with Crippen molar-refractivity contribution in [2.24, 2.45) is 5.92 Å². The number of ether oxygens (including phenoxy) is 1. The molecule has 2 aromatic carbocycles. The van der Waals surface area contributed by atoms with E-state index >= 15 is 0 Å². The van der Waals surface area contributed by atoms with Crippen molar-refractivity contribution in [2.45, 2.75) is 32.2 Å². The molecule has 2 aromatic heterocycles. The van der Waals surface area contributed by atoms with Crippen molar-refractivity contribution in [2.75, 3.05) is 26.2 Å². The number of nitrogens with zero attached hydrogens (tertiary/aromatic N) is 6. The fourth-order valence-electron chi connectivity index (χ4n) is 4.96. The summed E-state index contributed by atoms with van der Waals surface area (Å²) in [5.74, 6) is 0.699. The number of rotatable bonds is 6. The third-order valence-electron chi connectivity index (χ3n) is 7.27. The van der Waals surface area contributed by atoms with Crippen molar-refractivity contribution >= 4 is 34.2 Å². The highest BCUT2D eigenvalue weighted by molar-refractivity contribution is 6.30. The number of pyridine rings is 1. The Morgan fingerprint density at radius 3 is 2.64 bits per heavy atom. The first-order valence-electron chi connectivity index (χ1n) is 13.1. The zero-order valence-electron chi connectivity index (χ0n) is 21.9. The number of fused-ring (bicyclic) bond motifs is 1. The van der Waals surface area contributed by atoms with Crippen molar-refractivity contribution in [3.8, 4) is 11.6 Å². The van der Waals surface area contributed by atoms with Gasteiger partial charge in [-0.1, -0.05) is 35.9 Å². The van der Waals surface area contributed by atoms with E-state index in [0.717, 1.165) is 10.8 Å². The van der Waals surface area contributed by atoms with Crippen LogP contribution in [0.3, 0.4) is 0 Å². The Labute approximate surface area is 231 Å². The van der Waals surface area contributed by atoms with E-state index in [-0.39, 0.29) is 17.6 Å². The smallest absolute Gasteiger partial charge is 0.294 e. The number of carbonyl (C=O) groups is 2. The van der Waals surface area contributed by atoms with Gasteiger partial charge in [0, 0.05) is 30.0 Å². The molecule has 0 radical (unpaired) electrons. The molecule has 2 aliphatic rings. The molecule has 0 bridgehead atoms. The zero-order chi connectivity index (χ0) is 27.1. The fourth-order valence-corrected chi connectivity index (χ4v) is 5.14. The monoisotopic (exact) mass is 544 g/mol. The van der Waals surface area contributed by atoms with Crippen LogP contribution in [0.25, 0.3) is 16.5 Å². The maximum atomic E-state index is 13.6. The number of amides is 2. The van der Waals surface area contributed by atoms with Gasteiger partial charge in [-0.25, -0.2) is 14.6 Å². The van der Waals surface area contributed by atoms with E-state index in [1.807, 2.05) is 56.3 Å². The van der Waals surface area contributed by atoms with Crippen molar-refractivity contribution < 1.29 is 14.3 Å². The van der Waals surface area contributed by atoms with Crippen molar-refractivity contribution in [3.05, 3.63) is 77.5 Å². The molecule has 1 saturated heterocycles. The third-order valence-corrected chi connectivity index (χ3v) is 7.50. The van der Waals surface area contributed by atoms with Crippen LogP contribution >= 0.6 is 11.6 Å². The maximum absolute atomic E-state index is 13.6. The highest BCUT2D eigenvalue weighted by Gasteiger charge is 2.40. The Morgan fingerprint density at radius 1 is 1.05 bits per heavy atom. The Kier molecular flexibility index (Phi) is 6.46. The normalized spacial score (nSPS) is 16.9. The average Bonchev–Trinajstić information content (AvgIpc) is 3.63. The van der Waals surface area contributed by atoms with E-state index in [0.29, 0.717) is 54.4 Å². The Morgan fingerprint density at radius 2 is 1.87 bits per heavy atom. The predicted molar refractivity (Wildman–Crippen MR) is 147 cm³/mol. The second-order valence-corrected chi connectivity index (χ2v) is 11.2. The lowest BCUT2D eigenvalue weighted by atomic mass is 9.98. The molecule has 10 heteroatoms. The molecule has 0 N–H and O–H groups in total. The first kappa shape index (κ1) is 25.3. The molecule has 39 heavy (non-hydrogen) atoms. The van der Waals surface area contributed by atoms with Crippen LogP contribution in [0.15, 0.2) is 60.9 Å². The minimum absolute atomic E-state index is 0.0940. The number of hydrogen-bond acceptors (Lipinski definition) is 6. The summed E-state index contributed by atoms with van der Waals surface area (Å²) in [4.78, 5) is 39.4. The summed E-state index contributed by atoms with van der Waals surface area (Å²) in [6.07, 6.45) is 3.84. The molecule has 1 aliphatic heterocycles. The number of carbonyl (C=O) groups excluding carboxylic acids is 2. The molecule has 3 heterocycles. The summed E-state index contributed by atoms with van der Waals surface area (Å²) in [6.45, 7) is 5.56. The second-order valence-electron chi connectivity index (χ2n) is 10.8. The Balaban J connectivity index is 1.19. The van der Waals surface area contributed by atoms with Crippen LogP contribution in [0.5, 0.6) is 5.88 Å². The summed E-state index contributed by atoms with van der Waals surface area (Å²) in [6, 6.07) is 16.8. The number of aromatic nitrogens is 4. The van der Waals surface area contributed by atoms with Crippen LogP contribution in [0, 0.1) is 5.92 Å². The van der Waals surface area contributed by atoms with E-state index in [2.05, 4.69) is 15.1 Å². The third kappa shape index (κ3) is 5.18. The molecule has 1 aliphatic carbocycles. The molecule has 9 nitrogen and oxygen atoms in total. The zero-order valence-corrected chi connectivity index (χ0v) is 22.6. The van der Waals surface area contributed by atoms with Crippen molar-refractivity contribution in [1.82, 2.24) is 29.5 Å². The molecule has 0 atom stereocenters. The molecule has 0 unspecified atom stereocenters. The van der Waals surface area contributed by atoms with Crippen molar-refractivity contribution in [1.29, 1.82) is 0 Å². The van der Waals surface area contributed by atoms with E-state index < -0.39 is 5.54 Å². The Hall–Kier alpha value is -3.98. The van der Waals surface area contributed by atoms with Gasteiger partial charge in [0.1, 0.15) is 12.0 Å². The lowest BCUT2D eigenvalue weighted by molar-refractivity contribution is 0.0158. The van der Waals surface area contributed by atoms with Gasteiger partial charge in [-0.2, -0.15) is 0 Å². The van der Waals surface area contributed by atoms with Crippen LogP contribution in [0.1, 0.15) is 47.8 Å². The largest absolute Gasteiger partial charge is 0.477 e. The van der Waals surface area contributed by atoms with Gasteiger partial charge >= 0.3 is 0 Å². The molecule has 1 saturated carbocycles. The highest BCUT2D eigenvalue weighted by Crippen LogP contribution is 2.32. The van der Waals surface area contributed by atoms with E-state index in [9.17, 15) is 9.59 Å². The summed E-state index contributed by atoms with van der Waals surface area (Å²) in [5.41, 5.74) is 0.415. The summed E-state index contributed by atoms with van der Waals surface area (Å²) >= 11 is 6.09. The van der Waals surface area contributed by atoms with Crippen molar-refractivity contribution in [3.63, 3.8) is 0 Å². The molecule has 2 amide bonds. The minimum atomic E-state index is -0.644. The first-order chi connectivity index (χ1) is 18.8. The van der Waals surface area contributed by atoms with Crippen LogP contribution < -0.4 is 4.74 Å². The molecular formula is C29H29ClN6O3. The van der Waals surface area contributed by atoms with Gasteiger partial charge in [0.25, 0.3) is 11.8 Å². The number of piperazine rings is 1. The number of benzene rings is 2. The lowest BCUT2D eigenvalue weighted by Gasteiger charge is -2.46. The van der Waals surface area contributed by atoms with E-state index in [1.54, 1.807) is 21.9 Å². The Bertz CT molecular complexity index is 1560. The molecule has 4 aromatic rings. The van der Waals surface area contributed by atoms with Gasteiger partial charge in [-0.3, -0.25) is 9.59 Å². The molecule has 6 rings (SSSR count). The summed E-state index contributed by atoms with van der Waals surface area (Å²) < 4.78 is 7.57. The number of hydrogen-bond donors (Lipinski definition) is 0. The number of halogens is 1. The van der Waals surface area contributed by atoms with E-state index in [1.165, 1.54) is 23.9 Å². The topological polar surface area (TPSA) is 93.5 Å². The lowest BCUT2D eigenvalue weighted by Crippen LogP contribution is -2.62. The average molecular weight is 545 g/mol. The predicted octanol–water partition coefficient (Wildman–Crippen LogP) is 4.63.